The molecule has 1 N–H and O–H groups in total. The van der Waals surface area contributed by atoms with E-state index in [4.69, 9.17) is 0 Å². The van der Waals surface area contributed by atoms with Gasteiger partial charge in [-0.25, -0.2) is 4.79 Å². The highest BCUT2D eigenvalue weighted by Gasteiger charge is 2.36. The maximum absolute atomic E-state index is 12.2. The highest BCUT2D eigenvalue weighted by atomic mass is 16.2. The predicted molar refractivity (Wildman–Crippen MR) is 69.9 cm³/mol. The van der Waals surface area contributed by atoms with Crippen molar-refractivity contribution in [2.24, 2.45) is 11.3 Å². The Hall–Kier alpha value is -0.730. The zero-order valence-corrected chi connectivity index (χ0v) is 11.5. The number of piperidine rings is 1. The molecule has 0 aromatic carbocycles. The number of nitrogens with zero attached hydrogens (tertiary/aromatic N) is 1. The normalized spacial score (nSPS) is 29.4. The van der Waals surface area contributed by atoms with Crippen LogP contribution < -0.4 is 5.32 Å². The molecular weight excluding hydrogens is 212 g/mol. The van der Waals surface area contributed by atoms with Crippen molar-refractivity contribution in [3.8, 4) is 0 Å². The lowest BCUT2D eigenvalue weighted by molar-refractivity contribution is 0.162. The Morgan fingerprint density at radius 3 is 2.41 bits per heavy atom. The average molecular weight is 238 g/mol. The van der Waals surface area contributed by atoms with E-state index in [2.05, 4.69) is 26.1 Å². The van der Waals surface area contributed by atoms with Crippen molar-refractivity contribution in [2.75, 3.05) is 13.1 Å². The van der Waals surface area contributed by atoms with Crippen LogP contribution in [0.4, 0.5) is 4.79 Å². The molecule has 2 aliphatic rings. The Bertz CT molecular complexity index is 280. The van der Waals surface area contributed by atoms with E-state index in [1.807, 2.05) is 4.90 Å². The lowest BCUT2D eigenvalue weighted by Crippen LogP contribution is -2.50. The van der Waals surface area contributed by atoms with E-state index in [-0.39, 0.29) is 11.4 Å². The van der Waals surface area contributed by atoms with Crippen LogP contribution in [0.5, 0.6) is 0 Å². The van der Waals surface area contributed by atoms with E-state index in [9.17, 15) is 4.79 Å². The minimum atomic E-state index is 0.164. The minimum absolute atomic E-state index is 0.164. The van der Waals surface area contributed by atoms with Crippen molar-refractivity contribution in [1.29, 1.82) is 0 Å². The van der Waals surface area contributed by atoms with E-state index in [1.54, 1.807) is 0 Å². The number of likely N-dealkylation sites (tertiary alicyclic amines) is 1. The number of carbonyl (C=O) groups is 1. The van der Waals surface area contributed by atoms with Crippen LogP contribution in [0.1, 0.15) is 52.9 Å². The predicted octanol–water partition coefficient (Wildman–Crippen LogP) is 3.01. The molecule has 1 aliphatic heterocycles. The van der Waals surface area contributed by atoms with Gasteiger partial charge in [-0.05, 0) is 37.0 Å². The van der Waals surface area contributed by atoms with Crippen LogP contribution in [0.2, 0.25) is 0 Å². The third-order valence-electron chi connectivity index (χ3n) is 4.63. The number of nitrogens with one attached hydrogen (secondary N) is 1. The molecule has 17 heavy (non-hydrogen) atoms. The van der Waals surface area contributed by atoms with Crippen molar-refractivity contribution in [3.63, 3.8) is 0 Å². The van der Waals surface area contributed by atoms with Gasteiger partial charge in [0.2, 0.25) is 0 Å². The van der Waals surface area contributed by atoms with Gasteiger partial charge in [-0.2, -0.15) is 0 Å². The smallest absolute Gasteiger partial charge is 0.317 e. The largest absolute Gasteiger partial charge is 0.335 e. The summed E-state index contributed by atoms with van der Waals surface area (Å²) in [5, 5.41) is 3.24. The standard InChI is InChI=1S/C14H26N2O/c1-11-6-9-16(10-7-11)13(17)15-12-5-4-8-14(12,2)3/h11-12H,4-10H2,1-3H3,(H,15,17). The van der Waals surface area contributed by atoms with E-state index < -0.39 is 0 Å². The van der Waals surface area contributed by atoms with Gasteiger partial charge in [0.15, 0.2) is 0 Å². The molecule has 0 aromatic rings. The Morgan fingerprint density at radius 2 is 1.88 bits per heavy atom. The molecule has 1 unspecified atom stereocenters. The van der Waals surface area contributed by atoms with Crippen LogP contribution in [-0.4, -0.2) is 30.1 Å². The van der Waals surface area contributed by atoms with Gasteiger partial charge >= 0.3 is 6.03 Å². The van der Waals surface area contributed by atoms with Gasteiger partial charge in [0.1, 0.15) is 0 Å². The summed E-state index contributed by atoms with van der Waals surface area (Å²) in [5.74, 6) is 0.780. The summed E-state index contributed by atoms with van der Waals surface area (Å²) in [6.45, 7) is 8.67. The summed E-state index contributed by atoms with van der Waals surface area (Å²) >= 11 is 0. The topological polar surface area (TPSA) is 32.3 Å². The molecule has 2 amide bonds. The number of rotatable bonds is 1. The van der Waals surface area contributed by atoms with Crippen LogP contribution in [0.15, 0.2) is 0 Å². The van der Waals surface area contributed by atoms with Gasteiger partial charge in [-0.1, -0.05) is 27.2 Å². The number of amides is 2. The summed E-state index contributed by atoms with van der Waals surface area (Å²) in [7, 11) is 0. The van der Waals surface area contributed by atoms with Crippen molar-refractivity contribution in [1.82, 2.24) is 10.2 Å². The maximum Gasteiger partial charge on any atom is 0.317 e. The first-order valence-corrected chi connectivity index (χ1v) is 7.04. The first-order valence-electron chi connectivity index (χ1n) is 7.04. The van der Waals surface area contributed by atoms with Crippen LogP contribution in [0, 0.1) is 11.3 Å². The van der Waals surface area contributed by atoms with Crippen molar-refractivity contribution in [3.05, 3.63) is 0 Å². The highest BCUT2D eigenvalue weighted by Crippen LogP contribution is 2.37. The monoisotopic (exact) mass is 238 g/mol. The second kappa shape index (κ2) is 4.87. The molecule has 1 saturated heterocycles. The van der Waals surface area contributed by atoms with Crippen molar-refractivity contribution < 1.29 is 4.79 Å². The molecule has 0 radical (unpaired) electrons. The van der Waals surface area contributed by atoms with Crippen LogP contribution in [0.25, 0.3) is 0 Å². The SMILES string of the molecule is CC1CCN(C(=O)NC2CCCC2(C)C)CC1. The fraction of sp³-hybridized carbons (Fsp3) is 0.929. The van der Waals surface area contributed by atoms with Gasteiger partial charge in [0, 0.05) is 19.1 Å². The Balaban J connectivity index is 1.85. The molecule has 0 spiro atoms. The summed E-state index contributed by atoms with van der Waals surface area (Å²) in [4.78, 5) is 14.2. The van der Waals surface area contributed by atoms with Crippen molar-refractivity contribution in [2.45, 2.75) is 58.9 Å². The number of urea groups is 1. The van der Waals surface area contributed by atoms with Gasteiger partial charge in [0.05, 0.1) is 0 Å². The quantitative estimate of drug-likeness (QED) is 0.748. The second-order valence-electron chi connectivity index (χ2n) is 6.55. The summed E-state index contributed by atoms with van der Waals surface area (Å²) < 4.78 is 0. The van der Waals surface area contributed by atoms with Gasteiger partial charge in [-0.15, -0.1) is 0 Å². The lowest BCUT2D eigenvalue weighted by atomic mass is 9.87. The zero-order valence-electron chi connectivity index (χ0n) is 11.5. The zero-order chi connectivity index (χ0) is 12.5. The lowest BCUT2D eigenvalue weighted by Gasteiger charge is -2.34. The summed E-state index contributed by atoms with van der Waals surface area (Å²) in [6.07, 6.45) is 5.93. The molecule has 0 bridgehead atoms. The molecule has 1 atom stereocenters. The molecule has 2 fully saturated rings. The molecule has 1 saturated carbocycles. The van der Waals surface area contributed by atoms with E-state index in [0.717, 1.165) is 38.3 Å². The molecule has 3 nitrogen and oxygen atoms in total. The third kappa shape index (κ3) is 2.93. The molecule has 2 rings (SSSR count). The third-order valence-corrected chi connectivity index (χ3v) is 4.63. The first-order chi connectivity index (χ1) is 7.99. The second-order valence-corrected chi connectivity index (χ2v) is 6.55. The molecule has 3 heteroatoms. The summed E-state index contributed by atoms with van der Waals surface area (Å²) in [5.41, 5.74) is 0.277. The van der Waals surface area contributed by atoms with Gasteiger partial charge in [-0.3, -0.25) is 0 Å². The van der Waals surface area contributed by atoms with Crippen LogP contribution in [-0.2, 0) is 0 Å². The van der Waals surface area contributed by atoms with E-state index in [1.165, 1.54) is 12.8 Å². The molecule has 1 aliphatic carbocycles. The fourth-order valence-corrected chi connectivity index (χ4v) is 3.05. The summed E-state index contributed by atoms with van der Waals surface area (Å²) in [6, 6.07) is 0.534. The van der Waals surface area contributed by atoms with Gasteiger partial charge < -0.3 is 10.2 Å². The average Bonchev–Trinajstić information content (AvgIpc) is 2.59. The number of hydrogen-bond donors (Lipinski definition) is 1. The highest BCUT2D eigenvalue weighted by molar-refractivity contribution is 5.74. The molecular formula is C14H26N2O. The fourth-order valence-electron chi connectivity index (χ4n) is 3.05. The van der Waals surface area contributed by atoms with E-state index >= 15 is 0 Å². The number of carbonyl (C=O) groups excluding carboxylic acids is 1. The Kier molecular flexibility index (Phi) is 3.64. The van der Waals surface area contributed by atoms with E-state index in [0.29, 0.717) is 6.04 Å². The number of hydrogen-bond acceptors (Lipinski definition) is 1. The van der Waals surface area contributed by atoms with Gasteiger partial charge in [0.25, 0.3) is 0 Å². The molecule has 1 heterocycles. The van der Waals surface area contributed by atoms with Crippen LogP contribution >= 0.6 is 0 Å². The maximum atomic E-state index is 12.2. The first kappa shape index (κ1) is 12.7. The molecule has 98 valence electrons. The van der Waals surface area contributed by atoms with Crippen LogP contribution in [0.3, 0.4) is 0 Å². The van der Waals surface area contributed by atoms with Crippen molar-refractivity contribution >= 4 is 6.03 Å². The Morgan fingerprint density at radius 1 is 1.24 bits per heavy atom. The Labute approximate surface area is 105 Å². The molecule has 0 aromatic heterocycles. The minimum Gasteiger partial charge on any atom is -0.335 e.